The van der Waals surface area contributed by atoms with Gasteiger partial charge in [-0.05, 0) is 6.07 Å². The fourth-order valence-corrected chi connectivity index (χ4v) is 1.82. The predicted molar refractivity (Wildman–Crippen MR) is 55.9 cm³/mol. The van der Waals surface area contributed by atoms with Crippen LogP contribution in [0.25, 0.3) is 0 Å². The van der Waals surface area contributed by atoms with Crippen LogP contribution in [0.1, 0.15) is 16.7 Å². The quantitative estimate of drug-likeness (QED) is 0.428. The van der Waals surface area contributed by atoms with E-state index in [-0.39, 0.29) is 12.1 Å². The summed E-state index contributed by atoms with van der Waals surface area (Å²) >= 11 is 9.69. The summed E-state index contributed by atoms with van der Waals surface area (Å²) < 4.78 is 110. The minimum Gasteiger partial charge on any atom is -0.167 e. The van der Waals surface area contributed by atoms with Gasteiger partial charge < -0.3 is 0 Å². The first-order valence-electron chi connectivity index (χ1n) is 4.82. The number of hydrogen-bond acceptors (Lipinski definition) is 0. The lowest BCUT2D eigenvalue weighted by molar-refractivity contribution is -0.166. The molecule has 0 spiro atoms. The number of rotatable bonds is 1. The van der Waals surface area contributed by atoms with Crippen molar-refractivity contribution in [2.24, 2.45) is 0 Å². The van der Waals surface area contributed by atoms with Gasteiger partial charge in [0, 0.05) is 5.56 Å². The largest absolute Gasteiger partial charge is 0.425 e. The van der Waals surface area contributed by atoms with Crippen LogP contribution in [0.4, 0.5) is 39.5 Å². The molecule has 0 aliphatic rings. The Bertz CT molecular complexity index is 525. The molecule has 0 saturated heterocycles. The Balaban J connectivity index is 3.78. The van der Waals surface area contributed by atoms with Gasteiger partial charge in [0.2, 0.25) is 4.33 Å². The summed E-state index contributed by atoms with van der Waals surface area (Å²) in [5.74, 6) is 0. The van der Waals surface area contributed by atoms with Crippen LogP contribution in [-0.2, 0) is 16.7 Å². The first kappa shape index (κ1) is 18.2. The third-order valence-electron chi connectivity index (χ3n) is 2.35. The highest BCUT2D eigenvalue weighted by atomic mass is 35.5. The predicted octanol–water partition coefficient (Wildman–Crippen LogP) is 5.92. The van der Waals surface area contributed by atoms with Crippen LogP contribution in [0.2, 0.25) is 0 Å². The van der Waals surface area contributed by atoms with Crippen molar-refractivity contribution >= 4 is 23.2 Å². The molecule has 0 saturated carbocycles. The molecule has 0 amide bonds. The molecule has 21 heavy (non-hydrogen) atoms. The highest BCUT2D eigenvalue weighted by Gasteiger charge is 2.58. The molecule has 0 atom stereocenters. The van der Waals surface area contributed by atoms with Crippen LogP contribution in [0, 0.1) is 0 Å². The van der Waals surface area contributed by atoms with Gasteiger partial charge in [0.25, 0.3) is 0 Å². The van der Waals surface area contributed by atoms with Crippen LogP contribution < -0.4 is 0 Å². The summed E-state index contributed by atoms with van der Waals surface area (Å²) in [6.45, 7) is 0. The van der Waals surface area contributed by atoms with E-state index in [9.17, 15) is 39.5 Å². The Morgan fingerprint density at radius 3 is 1.43 bits per heavy atom. The molecule has 120 valence electrons. The number of alkyl halides is 11. The Kier molecular flexibility index (Phi) is 4.44. The zero-order valence-corrected chi connectivity index (χ0v) is 10.9. The van der Waals surface area contributed by atoms with Crippen molar-refractivity contribution < 1.29 is 39.5 Å². The Morgan fingerprint density at radius 1 is 0.667 bits per heavy atom. The minimum atomic E-state index is -5.73. The fraction of sp³-hybridized carbons (Fsp3) is 0.400. The standard InChI is InChI=1S/C10H3Cl2F9/c11-7(12,10(19,20)21)4-2-1-3-5(8(13,14)15)6(4)9(16,17)18/h1-3H. The van der Waals surface area contributed by atoms with Gasteiger partial charge in [0.1, 0.15) is 0 Å². The molecular formula is C10H3Cl2F9. The molecule has 0 fully saturated rings. The van der Waals surface area contributed by atoms with Crippen molar-refractivity contribution in [1.29, 1.82) is 0 Å². The molecule has 0 aromatic heterocycles. The normalized spacial score (nSPS) is 14.4. The van der Waals surface area contributed by atoms with Gasteiger partial charge in [-0.2, -0.15) is 39.5 Å². The monoisotopic (exact) mass is 364 g/mol. The molecule has 0 aliphatic heterocycles. The highest BCUT2D eigenvalue weighted by molar-refractivity contribution is 6.48. The smallest absolute Gasteiger partial charge is 0.167 e. The summed E-state index contributed by atoms with van der Waals surface area (Å²) in [5, 5.41) is 0. The second-order valence-corrected chi connectivity index (χ2v) is 5.12. The van der Waals surface area contributed by atoms with Crippen LogP contribution in [0.5, 0.6) is 0 Å². The lowest BCUT2D eigenvalue weighted by atomic mass is 9.97. The Morgan fingerprint density at radius 2 is 1.10 bits per heavy atom. The molecule has 11 heteroatoms. The molecule has 1 aromatic carbocycles. The third kappa shape index (κ3) is 3.50. The van der Waals surface area contributed by atoms with E-state index in [0.717, 1.165) is 0 Å². The Labute approximate surface area is 121 Å². The van der Waals surface area contributed by atoms with Crippen LogP contribution >= 0.6 is 23.2 Å². The fourth-order valence-electron chi connectivity index (χ4n) is 1.51. The van der Waals surface area contributed by atoms with Gasteiger partial charge >= 0.3 is 18.5 Å². The van der Waals surface area contributed by atoms with Crippen LogP contribution in [-0.4, -0.2) is 6.18 Å². The first-order chi connectivity index (χ1) is 9.10. The maximum Gasteiger partial charge on any atom is 0.425 e. The van der Waals surface area contributed by atoms with Crippen molar-refractivity contribution in [3.63, 3.8) is 0 Å². The van der Waals surface area contributed by atoms with Gasteiger partial charge in [-0.1, -0.05) is 35.3 Å². The second kappa shape index (κ2) is 5.12. The minimum absolute atomic E-state index is 0.00739. The SMILES string of the molecule is FC(F)(F)c1cccc(C(Cl)(Cl)C(F)(F)F)c1C(F)(F)F. The molecule has 0 heterocycles. The average molecular weight is 365 g/mol. The zero-order valence-electron chi connectivity index (χ0n) is 9.39. The molecule has 1 aromatic rings. The Hall–Kier alpha value is -0.830. The summed E-state index contributed by atoms with van der Waals surface area (Å²) in [4.78, 5) is 0. The van der Waals surface area contributed by atoms with E-state index in [2.05, 4.69) is 0 Å². The molecule has 0 N–H and O–H groups in total. The molecule has 0 aliphatic carbocycles. The zero-order chi connectivity index (χ0) is 16.9. The number of halogens is 11. The molecule has 1 rings (SSSR count). The van der Waals surface area contributed by atoms with E-state index in [1.807, 2.05) is 0 Å². The van der Waals surface area contributed by atoms with Gasteiger partial charge in [0.05, 0.1) is 11.1 Å². The number of hydrogen-bond donors (Lipinski definition) is 0. The summed E-state index contributed by atoms with van der Waals surface area (Å²) in [6, 6.07) is 0.497. The maximum absolute atomic E-state index is 12.8. The summed E-state index contributed by atoms with van der Waals surface area (Å²) in [7, 11) is 0. The molecule has 0 radical (unpaired) electrons. The van der Waals surface area contributed by atoms with Crippen LogP contribution in [0.15, 0.2) is 18.2 Å². The molecule has 0 nitrogen and oxygen atoms in total. The third-order valence-corrected chi connectivity index (χ3v) is 3.18. The molecular weight excluding hydrogens is 362 g/mol. The van der Waals surface area contributed by atoms with E-state index in [1.54, 1.807) is 0 Å². The lowest BCUT2D eigenvalue weighted by Gasteiger charge is -2.28. The van der Waals surface area contributed by atoms with Gasteiger partial charge in [-0.3, -0.25) is 0 Å². The van der Waals surface area contributed by atoms with Crippen molar-refractivity contribution in [1.82, 2.24) is 0 Å². The lowest BCUT2D eigenvalue weighted by Crippen LogP contribution is -2.34. The van der Waals surface area contributed by atoms with Crippen molar-refractivity contribution in [2.45, 2.75) is 22.9 Å². The van der Waals surface area contributed by atoms with Crippen LogP contribution in [0.3, 0.4) is 0 Å². The highest BCUT2D eigenvalue weighted by Crippen LogP contribution is 2.53. The van der Waals surface area contributed by atoms with E-state index in [1.165, 1.54) is 0 Å². The average Bonchev–Trinajstić information content (AvgIpc) is 2.24. The van der Waals surface area contributed by atoms with Gasteiger partial charge in [-0.15, -0.1) is 0 Å². The van der Waals surface area contributed by atoms with Crippen molar-refractivity contribution in [3.05, 3.63) is 34.9 Å². The first-order valence-corrected chi connectivity index (χ1v) is 5.58. The summed E-state index contributed by atoms with van der Waals surface area (Å²) in [5.41, 5.74) is -6.80. The van der Waals surface area contributed by atoms with E-state index in [4.69, 9.17) is 23.2 Å². The van der Waals surface area contributed by atoms with Crippen molar-refractivity contribution in [2.75, 3.05) is 0 Å². The second-order valence-electron chi connectivity index (χ2n) is 3.80. The number of benzene rings is 1. The van der Waals surface area contributed by atoms with Gasteiger partial charge in [0.15, 0.2) is 0 Å². The summed E-state index contributed by atoms with van der Waals surface area (Å²) in [6.07, 6.45) is -16.9. The molecule has 0 unspecified atom stereocenters. The van der Waals surface area contributed by atoms with E-state index >= 15 is 0 Å². The topological polar surface area (TPSA) is 0 Å². The van der Waals surface area contributed by atoms with Crippen molar-refractivity contribution in [3.8, 4) is 0 Å². The van der Waals surface area contributed by atoms with E-state index in [0.29, 0.717) is 6.07 Å². The van der Waals surface area contributed by atoms with Gasteiger partial charge in [-0.25, -0.2) is 0 Å². The van der Waals surface area contributed by atoms with E-state index < -0.39 is 39.6 Å². The molecule has 0 bridgehead atoms. The maximum atomic E-state index is 12.8.